The number of benzene rings is 1. The summed E-state index contributed by atoms with van der Waals surface area (Å²) in [5.41, 5.74) is -0.858. The van der Waals surface area contributed by atoms with Crippen molar-refractivity contribution in [3.8, 4) is 5.69 Å². The van der Waals surface area contributed by atoms with Gasteiger partial charge in [0, 0.05) is 6.07 Å². The van der Waals surface area contributed by atoms with Crippen LogP contribution in [0.5, 0.6) is 0 Å². The average Bonchev–Trinajstić information content (AvgIpc) is 3.21. The van der Waals surface area contributed by atoms with E-state index in [-0.39, 0.29) is 17.3 Å². The van der Waals surface area contributed by atoms with Crippen LogP contribution in [0.4, 0.5) is 24.9 Å². The number of carbonyl (C=O) groups excluding carboxylic acids is 1. The molecule has 0 radical (unpaired) electrons. The molecule has 0 bridgehead atoms. The van der Waals surface area contributed by atoms with Gasteiger partial charge in [0.1, 0.15) is 10.7 Å². The highest BCUT2D eigenvalue weighted by Crippen LogP contribution is 2.34. The molecule has 2 heterocycles. The number of hydrogen-bond donors (Lipinski definition) is 1. The molecule has 0 aliphatic carbocycles. The van der Waals surface area contributed by atoms with E-state index in [0.717, 1.165) is 22.9 Å². The Labute approximate surface area is 149 Å². The molecule has 3 aromatic rings. The van der Waals surface area contributed by atoms with E-state index in [1.165, 1.54) is 24.3 Å². The van der Waals surface area contributed by atoms with Gasteiger partial charge in [-0.15, -0.1) is 0 Å². The molecule has 0 saturated heterocycles. The highest BCUT2D eigenvalue weighted by Gasteiger charge is 2.34. The number of para-hydroxylation sites is 1. The van der Waals surface area contributed by atoms with Crippen LogP contribution in [0.25, 0.3) is 5.69 Å². The van der Waals surface area contributed by atoms with Gasteiger partial charge in [0.2, 0.25) is 0 Å². The van der Waals surface area contributed by atoms with Gasteiger partial charge in [-0.05, 0) is 25.1 Å². The van der Waals surface area contributed by atoms with Crippen LogP contribution in [0.15, 0.2) is 46.9 Å². The third-order valence-corrected chi connectivity index (χ3v) is 3.51. The third kappa shape index (κ3) is 3.66. The first-order valence-electron chi connectivity index (χ1n) is 7.45. The van der Waals surface area contributed by atoms with Crippen molar-refractivity contribution in [1.29, 1.82) is 0 Å². The van der Waals surface area contributed by atoms with E-state index in [2.05, 4.69) is 10.4 Å². The molecule has 0 fully saturated rings. The van der Waals surface area contributed by atoms with Gasteiger partial charge in [0.15, 0.2) is 5.76 Å². The molecule has 11 heteroatoms. The van der Waals surface area contributed by atoms with Gasteiger partial charge in [-0.2, -0.15) is 18.3 Å². The number of nitro groups is 1. The molecule has 27 heavy (non-hydrogen) atoms. The monoisotopic (exact) mass is 380 g/mol. The number of hydrogen-bond acceptors (Lipinski definition) is 5. The summed E-state index contributed by atoms with van der Waals surface area (Å²) in [6, 6.07) is 8.20. The van der Waals surface area contributed by atoms with Crippen LogP contribution in [0.1, 0.15) is 21.8 Å². The fraction of sp³-hybridized carbons (Fsp3) is 0.125. The number of aryl methyl sites for hydroxylation is 1. The largest absolute Gasteiger partial charge is 0.433 e. The molecule has 0 atom stereocenters. The van der Waals surface area contributed by atoms with Crippen molar-refractivity contribution in [2.45, 2.75) is 13.1 Å². The Balaban J connectivity index is 1.98. The van der Waals surface area contributed by atoms with Crippen LogP contribution < -0.4 is 5.32 Å². The van der Waals surface area contributed by atoms with Crippen molar-refractivity contribution >= 4 is 17.6 Å². The normalized spacial score (nSPS) is 11.4. The Bertz CT molecular complexity index is 1020. The van der Waals surface area contributed by atoms with Crippen molar-refractivity contribution in [3.05, 3.63) is 69.6 Å². The van der Waals surface area contributed by atoms with Crippen LogP contribution in [0.3, 0.4) is 0 Å². The molecule has 1 aromatic carbocycles. The zero-order chi connectivity index (χ0) is 19.8. The second-order valence-electron chi connectivity index (χ2n) is 5.45. The number of halogens is 3. The van der Waals surface area contributed by atoms with Gasteiger partial charge < -0.3 is 9.73 Å². The molecular formula is C16H11F3N4O4. The number of rotatable bonds is 4. The van der Waals surface area contributed by atoms with Gasteiger partial charge >= 0.3 is 12.1 Å². The van der Waals surface area contributed by atoms with Crippen molar-refractivity contribution in [3.63, 3.8) is 0 Å². The smallest absolute Gasteiger partial charge is 0.395 e. The van der Waals surface area contributed by atoms with E-state index in [9.17, 15) is 28.1 Å². The SMILES string of the molecule is Cc1cc(NC(=O)c2ccc([N+](=O)[O-])o2)n(-c2ccccc2C(F)(F)F)n1. The van der Waals surface area contributed by atoms with E-state index in [1.807, 2.05) is 0 Å². The number of anilines is 1. The van der Waals surface area contributed by atoms with Gasteiger partial charge in [0.05, 0.1) is 23.0 Å². The molecule has 3 rings (SSSR count). The Hall–Kier alpha value is -3.63. The highest BCUT2D eigenvalue weighted by molar-refractivity contribution is 6.02. The third-order valence-electron chi connectivity index (χ3n) is 3.51. The molecule has 0 saturated carbocycles. The molecule has 1 amide bonds. The summed E-state index contributed by atoms with van der Waals surface area (Å²) in [4.78, 5) is 22.0. The maximum absolute atomic E-state index is 13.3. The molecule has 8 nitrogen and oxygen atoms in total. The molecule has 0 aliphatic rings. The summed E-state index contributed by atoms with van der Waals surface area (Å²) < 4.78 is 45.5. The maximum Gasteiger partial charge on any atom is 0.433 e. The lowest BCUT2D eigenvalue weighted by atomic mass is 10.1. The second-order valence-corrected chi connectivity index (χ2v) is 5.45. The lowest BCUT2D eigenvalue weighted by Crippen LogP contribution is -2.17. The summed E-state index contributed by atoms with van der Waals surface area (Å²) in [7, 11) is 0. The van der Waals surface area contributed by atoms with Crippen LogP contribution in [-0.2, 0) is 6.18 Å². The lowest BCUT2D eigenvalue weighted by Gasteiger charge is -2.14. The Morgan fingerprint density at radius 3 is 2.59 bits per heavy atom. The minimum absolute atomic E-state index is 0.0479. The van der Waals surface area contributed by atoms with Gasteiger partial charge in [-0.3, -0.25) is 14.9 Å². The summed E-state index contributed by atoms with van der Waals surface area (Å²) >= 11 is 0. The number of nitrogens with one attached hydrogen (secondary N) is 1. The lowest BCUT2D eigenvalue weighted by molar-refractivity contribution is -0.402. The summed E-state index contributed by atoms with van der Waals surface area (Å²) in [5.74, 6) is -1.91. The van der Waals surface area contributed by atoms with Crippen molar-refractivity contribution in [2.75, 3.05) is 5.32 Å². The van der Waals surface area contributed by atoms with Crippen LogP contribution >= 0.6 is 0 Å². The molecule has 140 valence electrons. The molecule has 0 spiro atoms. The quantitative estimate of drug-likeness (QED) is 0.545. The van der Waals surface area contributed by atoms with Gasteiger partial charge in [-0.25, -0.2) is 4.68 Å². The molecular weight excluding hydrogens is 369 g/mol. The number of amides is 1. The van der Waals surface area contributed by atoms with E-state index < -0.39 is 28.5 Å². The molecule has 0 unspecified atom stereocenters. The van der Waals surface area contributed by atoms with Crippen molar-refractivity contribution in [1.82, 2.24) is 9.78 Å². The first kappa shape index (κ1) is 18.2. The van der Waals surface area contributed by atoms with E-state index in [1.54, 1.807) is 6.92 Å². The van der Waals surface area contributed by atoms with E-state index >= 15 is 0 Å². The topological polar surface area (TPSA) is 103 Å². The van der Waals surface area contributed by atoms with E-state index in [0.29, 0.717) is 5.69 Å². The standard InChI is InChI=1S/C16H11F3N4O4/c1-9-8-13(20-15(24)12-6-7-14(27-12)23(25)26)22(21-9)11-5-3-2-4-10(11)16(17,18)19/h2-8H,1H3,(H,20,24). The fourth-order valence-electron chi connectivity index (χ4n) is 2.40. The number of carbonyl (C=O) groups is 1. The Morgan fingerprint density at radius 1 is 1.26 bits per heavy atom. The predicted molar refractivity (Wildman–Crippen MR) is 86.6 cm³/mol. The van der Waals surface area contributed by atoms with Crippen LogP contribution in [0, 0.1) is 17.0 Å². The van der Waals surface area contributed by atoms with Gasteiger partial charge in [0.25, 0.3) is 5.91 Å². The van der Waals surface area contributed by atoms with Crippen LogP contribution in [0.2, 0.25) is 0 Å². The predicted octanol–water partition coefficient (Wildman–Crippen LogP) is 3.95. The zero-order valence-electron chi connectivity index (χ0n) is 13.6. The molecule has 2 aromatic heterocycles. The summed E-state index contributed by atoms with van der Waals surface area (Å²) in [6.07, 6.45) is -4.63. The number of aromatic nitrogens is 2. The van der Waals surface area contributed by atoms with Crippen LogP contribution in [-0.4, -0.2) is 20.6 Å². The Kier molecular flexibility index (Phi) is 4.44. The minimum Gasteiger partial charge on any atom is -0.395 e. The summed E-state index contributed by atoms with van der Waals surface area (Å²) in [5, 5.41) is 17.0. The number of alkyl halides is 3. The first-order chi connectivity index (χ1) is 12.7. The maximum atomic E-state index is 13.3. The summed E-state index contributed by atoms with van der Waals surface area (Å²) in [6.45, 7) is 1.54. The number of furan rings is 1. The van der Waals surface area contributed by atoms with Gasteiger partial charge in [-0.1, -0.05) is 12.1 Å². The average molecular weight is 380 g/mol. The van der Waals surface area contributed by atoms with Crippen molar-refractivity contribution < 1.29 is 27.3 Å². The fourth-order valence-corrected chi connectivity index (χ4v) is 2.40. The second kappa shape index (κ2) is 6.59. The zero-order valence-corrected chi connectivity index (χ0v) is 13.6. The minimum atomic E-state index is -4.63. The van der Waals surface area contributed by atoms with Crippen molar-refractivity contribution in [2.24, 2.45) is 0 Å². The van der Waals surface area contributed by atoms with E-state index in [4.69, 9.17) is 4.42 Å². The number of nitrogens with zero attached hydrogens (tertiary/aromatic N) is 3. The molecule has 0 aliphatic heterocycles. The first-order valence-corrected chi connectivity index (χ1v) is 7.45. The Morgan fingerprint density at radius 2 is 1.96 bits per heavy atom. The highest BCUT2D eigenvalue weighted by atomic mass is 19.4. The molecule has 1 N–H and O–H groups in total.